The van der Waals surface area contributed by atoms with Gasteiger partial charge in [-0.2, -0.15) is 0 Å². The lowest BCUT2D eigenvalue weighted by atomic mass is 10.1. The number of carbonyl (C=O) groups excluding carboxylic acids is 1. The molecule has 1 saturated carbocycles. The van der Waals surface area contributed by atoms with Crippen LogP contribution in [0.2, 0.25) is 0 Å². The molecule has 0 atom stereocenters. The molecular weight excluding hydrogens is 322 g/mol. The Morgan fingerprint density at radius 3 is 2.60 bits per heavy atom. The van der Waals surface area contributed by atoms with Gasteiger partial charge in [0.2, 0.25) is 0 Å². The fourth-order valence-corrected chi connectivity index (χ4v) is 3.25. The highest BCUT2D eigenvalue weighted by atomic mass is 79.9. The van der Waals surface area contributed by atoms with Gasteiger partial charge in [0.05, 0.1) is 26.3 Å². The monoisotopic (exact) mass is 341 g/mol. The summed E-state index contributed by atoms with van der Waals surface area (Å²) in [6.07, 6.45) is 4.83. The van der Waals surface area contributed by atoms with Crippen LogP contribution in [0.4, 0.5) is 0 Å². The van der Waals surface area contributed by atoms with Crippen LogP contribution in [0.25, 0.3) is 0 Å². The molecule has 0 unspecified atom stereocenters. The second kappa shape index (κ2) is 7.09. The number of ketones is 1. The molecule has 0 heterocycles. The van der Waals surface area contributed by atoms with E-state index in [0.29, 0.717) is 34.1 Å². The average Bonchev–Trinajstić information content (AvgIpc) is 2.97. The summed E-state index contributed by atoms with van der Waals surface area (Å²) in [6, 6.07) is 4.00. The summed E-state index contributed by atoms with van der Waals surface area (Å²) in [6.45, 7) is 0.347. The van der Waals surface area contributed by atoms with E-state index < -0.39 is 0 Å². The van der Waals surface area contributed by atoms with E-state index in [4.69, 9.17) is 9.47 Å². The molecule has 1 fully saturated rings. The first kappa shape index (κ1) is 15.3. The van der Waals surface area contributed by atoms with Gasteiger partial charge in [0, 0.05) is 6.04 Å². The van der Waals surface area contributed by atoms with Crippen LogP contribution in [0.1, 0.15) is 36.0 Å². The number of benzene rings is 1. The van der Waals surface area contributed by atoms with Gasteiger partial charge in [-0.3, -0.25) is 4.79 Å². The highest BCUT2D eigenvalue weighted by molar-refractivity contribution is 9.10. The molecule has 0 aliphatic heterocycles. The van der Waals surface area contributed by atoms with Gasteiger partial charge >= 0.3 is 0 Å². The lowest BCUT2D eigenvalue weighted by Gasteiger charge is -2.14. The first-order chi connectivity index (χ1) is 9.67. The van der Waals surface area contributed by atoms with Crippen molar-refractivity contribution >= 4 is 21.7 Å². The molecule has 110 valence electrons. The molecule has 1 aliphatic carbocycles. The van der Waals surface area contributed by atoms with Crippen molar-refractivity contribution in [3.8, 4) is 11.5 Å². The van der Waals surface area contributed by atoms with Crippen LogP contribution >= 0.6 is 15.9 Å². The van der Waals surface area contributed by atoms with Gasteiger partial charge in [-0.15, -0.1) is 0 Å². The molecule has 0 spiro atoms. The standard InChI is InChI=1S/C15H20BrNO3/c1-19-13-8-7-11(15(20-2)14(13)16)12(18)9-17-10-5-3-4-6-10/h7-8,10,17H,3-6,9H2,1-2H3. The van der Waals surface area contributed by atoms with Crippen molar-refractivity contribution in [1.82, 2.24) is 5.32 Å². The number of ether oxygens (including phenoxy) is 2. The van der Waals surface area contributed by atoms with E-state index in [1.807, 2.05) is 0 Å². The predicted octanol–water partition coefficient (Wildman–Crippen LogP) is 3.18. The zero-order valence-corrected chi connectivity index (χ0v) is 13.5. The van der Waals surface area contributed by atoms with Crippen molar-refractivity contribution in [3.05, 3.63) is 22.2 Å². The van der Waals surface area contributed by atoms with Crippen LogP contribution in [0.15, 0.2) is 16.6 Å². The molecule has 0 radical (unpaired) electrons. The van der Waals surface area contributed by atoms with Gasteiger partial charge < -0.3 is 14.8 Å². The number of Topliss-reactive ketones (excluding diaryl/α,β-unsaturated/α-hetero) is 1. The molecule has 1 aliphatic rings. The first-order valence-electron chi connectivity index (χ1n) is 6.84. The summed E-state index contributed by atoms with van der Waals surface area (Å²) in [7, 11) is 3.14. The summed E-state index contributed by atoms with van der Waals surface area (Å²) < 4.78 is 11.2. The van der Waals surface area contributed by atoms with E-state index in [1.165, 1.54) is 12.8 Å². The van der Waals surface area contributed by atoms with Crippen LogP contribution < -0.4 is 14.8 Å². The fourth-order valence-electron chi connectivity index (χ4n) is 2.58. The number of rotatable bonds is 6. The van der Waals surface area contributed by atoms with Crippen molar-refractivity contribution in [2.75, 3.05) is 20.8 Å². The van der Waals surface area contributed by atoms with Crippen LogP contribution in [-0.2, 0) is 0 Å². The Labute approximate surface area is 128 Å². The molecular formula is C15H20BrNO3. The van der Waals surface area contributed by atoms with Crippen molar-refractivity contribution in [1.29, 1.82) is 0 Å². The van der Waals surface area contributed by atoms with Crippen molar-refractivity contribution in [2.45, 2.75) is 31.7 Å². The zero-order chi connectivity index (χ0) is 14.5. The second-order valence-corrected chi connectivity index (χ2v) is 5.74. The smallest absolute Gasteiger partial charge is 0.180 e. The van der Waals surface area contributed by atoms with Gasteiger partial charge in [0.1, 0.15) is 16.0 Å². The fraction of sp³-hybridized carbons (Fsp3) is 0.533. The zero-order valence-electron chi connectivity index (χ0n) is 11.9. The molecule has 0 amide bonds. The SMILES string of the molecule is COc1ccc(C(=O)CNC2CCCC2)c(OC)c1Br. The Kier molecular flexibility index (Phi) is 5.43. The number of hydrogen-bond acceptors (Lipinski definition) is 4. The summed E-state index contributed by atoms with van der Waals surface area (Å²) >= 11 is 3.42. The Hall–Kier alpha value is -1.07. The van der Waals surface area contributed by atoms with E-state index >= 15 is 0 Å². The number of hydrogen-bond donors (Lipinski definition) is 1. The van der Waals surface area contributed by atoms with E-state index in [2.05, 4.69) is 21.2 Å². The molecule has 1 N–H and O–H groups in total. The third kappa shape index (κ3) is 3.33. The van der Waals surface area contributed by atoms with Crippen LogP contribution in [0, 0.1) is 0 Å². The third-order valence-electron chi connectivity index (χ3n) is 3.69. The minimum absolute atomic E-state index is 0.0390. The van der Waals surface area contributed by atoms with E-state index in [-0.39, 0.29) is 5.78 Å². The lowest BCUT2D eigenvalue weighted by Crippen LogP contribution is -2.31. The highest BCUT2D eigenvalue weighted by Gasteiger charge is 2.20. The van der Waals surface area contributed by atoms with Crippen LogP contribution in [-0.4, -0.2) is 32.6 Å². The molecule has 20 heavy (non-hydrogen) atoms. The Morgan fingerprint density at radius 2 is 2.00 bits per heavy atom. The number of halogens is 1. The van der Waals surface area contributed by atoms with Crippen molar-refractivity contribution < 1.29 is 14.3 Å². The molecule has 4 nitrogen and oxygen atoms in total. The Balaban J connectivity index is 2.10. The third-order valence-corrected chi connectivity index (χ3v) is 4.44. The molecule has 2 rings (SSSR count). The minimum Gasteiger partial charge on any atom is -0.495 e. The normalized spacial score (nSPS) is 15.3. The average molecular weight is 342 g/mol. The van der Waals surface area contributed by atoms with Crippen molar-refractivity contribution in [3.63, 3.8) is 0 Å². The summed E-state index contributed by atoms with van der Waals surface area (Å²) in [5, 5.41) is 3.33. The van der Waals surface area contributed by atoms with E-state index in [1.54, 1.807) is 26.4 Å². The van der Waals surface area contributed by atoms with Crippen molar-refractivity contribution in [2.24, 2.45) is 0 Å². The summed E-state index contributed by atoms with van der Waals surface area (Å²) in [5.41, 5.74) is 0.575. The van der Waals surface area contributed by atoms with E-state index in [0.717, 1.165) is 12.8 Å². The Morgan fingerprint density at radius 1 is 1.30 bits per heavy atom. The van der Waals surface area contributed by atoms with Crippen LogP contribution in [0.5, 0.6) is 11.5 Å². The largest absolute Gasteiger partial charge is 0.495 e. The molecule has 0 aromatic heterocycles. The van der Waals surface area contributed by atoms with Gasteiger partial charge in [0.15, 0.2) is 5.78 Å². The predicted molar refractivity (Wildman–Crippen MR) is 81.8 cm³/mol. The maximum Gasteiger partial charge on any atom is 0.180 e. The highest BCUT2D eigenvalue weighted by Crippen LogP contribution is 2.37. The van der Waals surface area contributed by atoms with Gasteiger partial charge in [-0.25, -0.2) is 0 Å². The van der Waals surface area contributed by atoms with Gasteiger partial charge in [0.25, 0.3) is 0 Å². The number of methoxy groups -OCH3 is 2. The second-order valence-electron chi connectivity index (χ2n) is 4.95. The molecule has 0 saturated heterocycles. The summed E-state index contributed by atoms with van der Waals surface area (Å²) in [5.74, 6) is 1.22. The number of carbonyl (C=O) groups is 1. The minimum atomic E-state index is 0.0390. The topological polar surface area (TPSA) is 47.6 Å². The Bertz CT molecular complexity index is 484. The quantitative estimate of drug-likeness (QED) is 0.807. The number of nitrogens with one attached hydrogen (secondary N) is 1. The lowest BCUT2D eigenvalue weighted by molar-refractivity contribution is 0.0984. The molecule has 1 aromatic carbocycles. The van der Waals surface area contributed by atoms with Crippen LogP contribution in [0.3, 0.4) is 0 Å². The molecule has 5 heteroatoms. The molecule has 0 bridgehead atoms. The van der Waals surface area contributed by atoms with E-state index in [9.17, 15) is 4.79 Å². The molecule has 1 aromatic rings. The van der Waals surface area contributed by atoms with Gasteiger partial charge in [-0.1, -0.05) is 12.8 Å². The maximum atomic E-state index is 12.3. The maximum absolute atomic E-state index is 12.3. The van der Waals surface area contributed by atoms with Gasteiger partial charge in [-0.05, 0) is 40.9 Å². The summed E-state index contributed by atoms with van der Waals surface area (Å²) in [4.78, 5) is 12.3. The first-order valence-corrected chi connectivity index (χ1v) is 7.63.